The van der Waals surface area contributed by atoms with E-state index in [0.717, 1.165) is 38.2 Å². The Bertz CT molecular complexity index is 490. The molecule has 116 valence electrons. The zero-order valence-corrected chi connectivity index (χ0v) is 12.9. The summed E-state index contributed by atoms with van der Waals surface area (Å²) in [5.74, 6) is -0.230. The topological polar surface area (TPSA) is 67.6 Å². The molecule has 1 aliphatic heterocycles. The van der Waals surface area contributed by atoms with Crippen molar-refractivity contribution in [1.29, 1.82) is 0 Å². The smallest absolute Gasteiger partial charge is 0.240 e. The number of benzene rings is 1. The largest absolute Gasteiger partial charge is 0.383 e. The highest BCUT2D eigenvalue weighted by Gasteiger charge is 2.30. The summed E-state index contributed by atoms with van der Waals surface area (Å²) in [5, 5.41) is 3.37. The maximum absolute atomic E-state index is 11.6. The molecule has 3 N–H and O–H groups in total. The Morgan fingerprint density at radius 2 is 2.33 bits per heavy atom. The average molecular weight is 291 g/mol. The van der Waals surface area contributed by atoms with E-state index in [2.05, 4.69) is 35.3 Å². The van der Waals surface area contributed by atoms with Crippen LogP contribution in [0.5, 0.6) is 0 Å². The zero-order valence-electron chi connectivity index (χ0n) is 12.9. The summed E-state index contributed by atoms with van der Waals surface area (Å²) in [7, 11) is 1.70. The minimum absolute atomic E-state index is 0.176. The Morgan fingerprint density at radius 3 is 3.05 bits per heavy atom. The van der Waals surface area contributed by atoms with Crippen molar-refractivity contribution in [1.82, 2.24) is 5.32 Å². The van der Waals surface area contributed by atoms with Gasteiger partial charge in [-0.3, -0.25) is 4.79 Å². The minimum atomic E-state index is -0.230. The molecule has 1 heterocycles. The number of carbonyl (C=O) groups excluding carboxylic acids is 1. The van der Waals surface area contributed by atoms with Gasteiger partial charge in [-0.15, -0.1) is 0 Å². The van der Waals surface area contributed by atoms with Crippen LogP contribution in [0.3, 0.4) is 0 Å². The predicted molar refractivity (Wildman–Crippen MR) is 84.3 cm³/mol. The summed E-state index contributed by atoms with van der Waals surface area (Å²) < 4.78 is 5.05. The molecular weight excluding hydrogens is 266 g/mol. The fourth-order valence-corrected chi connectivity index (χ4v) is 2.88. The number of ether oxygens (including phenoxy) is 1. The molecule has 1 saturated heterocycles. The van der Waals surface area contributed by atoms with Gasteiger partial charge in [0.05, 0.1) is 6.61 Å². The second-order valence-corrected chi connectivity index (χ2v) is 5.56. The summed E-state index contributed by atoms with van der Waals surface area (Å²) in [6.07, 6.45) is 1.86. The van der Waals surface area contributed by atoms with E-state index in [9.17, 15) is 4.79 Å². The molecule has 2 rings (SSSR count). The average Bonchev–Trinajstić information content (AvgIpc) is 2.93. The van der Waals surface area contributed by atoms with E-state index in [1.807, 2.05) is 0 Å². The van der Waals surface area contributed by atoms with E-state index in [1.165, 1.54) is 11.1 Å². The Hall–Kier alpha value is -1.59. The van der Waals surface area contributed by atoms with Crippen LogP contribution < -0.4 is 16.0 Å². The fourth-order valence-electron chi connectivity index (χ4n) is 2.88. The third kappa shape index (κ3) is 3.95. The van der Waals surface area contributed by atoms with Crippen molar-refractivity contribution in [3.63, 3.8) is 0 Å². The quantitative estimate of drug-likeness (QED) is 0.740. The van der Waals surface area contributed by atoms with Crippen LogP contribution in [0.2, 0.25) is 0 Å². The standard InChI is InChI=1S/C16H25N3O2/c1-12-5-6-14(13(10-12)11-18-7-9-21-2)19-8-3-4-15(19)16(17)20/h5-6,10,15,18H,3-4,7-9,11H2,1-2H3,(H2,17,20). The number of hydrogen-bond acceptors (Lipinski definition) is 4. The molecule has 5 nitrogen and oxygen atoms in total. The zero-order chi connectivity index (χ0) is 15.2. The molecule has 1 aromatic rings. The summed E-state index contributed by atoms with van der Waals surface area (Å²) in [5.41, 5.74) is 9.08. The highest BCUT2D eigenvalue weighted by molar-refractivity contribution is 5.84. The number of methoxy groups -OCH3 is 1. The van der Waals surface area contributed by atoms with Gasteiger partial charge in [0, 0.05) is 32.4 Å². The minimum Gasteiger partial charge on any atom is -0.383 e. The molecule has 1 aliphatic rings. The molecule has 0 bridgehead atoms. The molecule has 0 radical (unpaired) electrons. The lowest BCUT2D eigenvalue weighted by Crippen LogP contribution is -2.41. The molecule has 0 aromatic heterocycles. The second kappa shape index (κ2) is 7.43. The lowest BCUT2D eigenvalue weighted by atomic mass is 10.1. The monoisotopic (exact) mass is 291 g/mol. The maximum Gasteiger partial charge on any atom is 0.240 e. The van der Waals surface area contributed by atoms with Gasteiger partial charge in [-0.2, -0.15) is 0 Å². The first-order valence-corrected chi connectivity index (χ1v) is 7.48. The van der Waals surface area contributed by atoms with Crippen molar-refractivity contribution in [2.45, 2.75) is 32.4 Å². The van der Waals surface area contributed by atoms with E-state index >= 15 is 0 Å². The number of primary amides is 1. The van der Waals surface area contributed by atoms with Crippen molar-refractivity contribution in [3.8, 4) is 0 Å². The molecule has 1 amide bonds. The van der Waals surface area contributed by atoms with Crippen LogP contribution in [0.15, 0.2) is 18.2 Å². The van der Waals surface area contributed by atoms with Gasteiger partial charge in [0.25, 0.3) is 0 Å². The first-order chi connectivity index (χ1) is 10.1. The number of carbonyl (C=O) groups is 1. The van der Waals surface area contributed by atoms with Gasteiger partial charge in [0.15, 0.2) is 0 Å². The number of nitrogens with two attached hydrogens (primary N) is 1. The highest BCUT2D eigenvalue weighted by atomic mass is 16.5. The molecule has 1 fully saturated rings. The van der Waals surface area contributed by atoms with Gasteiger partial charge in [0.1, 0.15) is 6.04 Å². The number of aryl methyl sites for hydroxylation is 1. The molecule has 1 unspecified atom stereocenters. The van der Waals surface area contributed by atoms with Crippen LogP contribution in [0.1, 0.15) is 24.0 Å². The maximum atomic E-state index is 11.6. The van der Waals surface area contributed by atoms with Crippen LogP contribution >= 0.6 is 0 Å². The molecule has 5 heteroatoms. The van der Waals surface area contributed by atoms with Crippen LogP contribution in [0.4, 0.5) is 5.69 Å². The van der Waals surface area contributed by atoms with Gasteiger partial charge >= 0.3 is 0 Å². The Balaban J connectivity index is 2.16. The van der Waals surface area contributed by atoms with Crippen LogP contribution in [0.25, 0.3) is 0 Å². The normalized spacial score (nSPS) is 18.2. The Kier molecular flexibility index (Phi) is 5.59. The van der Waals surface area contributed by atoms with Crippen LogP contribution in [-0.2, 0) is 16.1 Å². The van der Waals surface area contributed by atoms with Crippen molar-refractivity contribution < 1.29 is 9.53 Å². The predicted octanol–water partition coefficient (Wildman–Crippen LogP) is 1.19. The Labute approximate surface area is 126 Å². The number of hydrogen-bond donors (Lipinski definition) is 2. The number of rotatable bonds is 7. The summed E-state index contributed by atoms with van der Waals surface area (Å²) in [6, 6.07) is 6.19. The molecule has 0 aliphatic carbocycles. The molecule has 21 heavy (non-hydrogen) atoms. The molecule has 1 atom stereocenters. The summed E-state index contributed by atoms with van der Waals surface area (Å²) >= 11 is 0. The van der Waals surface area contributed by atoms with E-state index in [-0.39, 0.29) is 11.9 Å². The number of amides is 1. The van der Waals surface area contributed by atoms with Crippen molar-refractivity contribution in [2.24, 2.45) is 5.73 Å². The van der Waals surface area contributed by atoms with E-state index in [4.69, 9.17) is 10.5 Å². The molecule has 0 spiro atoms. The number of nitrogens with zero attached hydrogens (tertiary/aromatic N) is 1. The van der Waals surface area contributed by atoms with E-state index < -0.39 is 0 Å². The molecule has 1 aromatic carbocycles. The van der Waals surface area contributed by atoms with Gasteiger partial charge in [0.2, 0.25) is 5.91 Å². The Morgan fingerprint density at radius 1 is 1.52 bits per heavy atom. The first kappa shape index (κ1) is 15.8. The molecular formula is C16H25N3O2. The van der Waals surface area contributed by atoms with Crippen molar-refractivity contribution in [2.75, 3.05) is 31.7 Å². The first-order valence-electron chi connectivity index (χ1n) is 7.48. The van der Waals surface area contributed by atoms with Gasteiger partial charge in [-0.1, -0.05) is 17.7 Å². The molecule has 0 saturated carbocycles. The SMILES string of the molecule is COCCNCc1cc(C)ccc1N1CCCC1C(N)=O. The van der Waals surface area contributed by atoms with Crippen molar-refractivity contribution in [3.05, 3.63) is 29.3 Å². The van der Waals surface area contributed by atoms with Gasteiger partial charge < -0.3 is 20.7 Å². The van der Waals surface area contributed by atoms with Gasteiger partial charge in [-0.25, -0.2) is 0 Å². The number of nitrogens with one attached hydrogen (secondary N) is 1. The highest BCUT2D eigenvalue weighted by Crippen LogP contribution is 2.29. The number of anilines is 1. The second-order valence-electron chi connectivity index (χ2n) is 5.56. The van der Waals surface area contributed by atoms with Crippen molar-refractivity contribution >= 4 is 11.6 Å². The summed E-state index contributed by atoms with van der Waals surface area (Å²) in [6.45, 7) is 5.24. The van der Waals surface area contributed by atoms with Gasteiger partial charge in [-0.05, 0) is 31.4 Å². The van der Waals surface area contributed by atoms with E-state index in [0.29, 0.717) is 6.61 Å². The fraction of sp³-hybridized carbons (Fsp3) is 0.562. The third-order valence-electron chi connectivity index (χ3n) is 3.92. The van der Waals surface area contributed by atoms with Crippen LogP contribution in [0, 0.1) is 6.92 Å². The third-order valence-corrected chi connectivity index (χ3v) is 3.92. The van der Waals surface area contributed by atoms with Crippen LogP contribution in [-0.4, -0.2) is 38.8 Å². The van der Waals surface area contributed by atoms with E-state index in [1.54, 1.807) is 7.11 Å². The lowest BCUT2D eigenvalue weighted by Gasteiger charge is -2.27. The lowest BCUT2D eigenvalue weighted by molar-refractivity contribution is -0.119. The summed E-state index contributed by atoms with van der Waals surface area (Å²) in [4.78, 5) is 13.8.